The Labute approximate surface area is 325 Å². The van der Waals surface area contributed by atoms with Gasteiger partial charge in [-0.3, -0.25) is 0 Å². The average Bonchev–Trinajstić information content (AvgIpc) is 3.75. The molecule has 0 saturated heterocycles. The molecule has 260 valence electrons. The Morgan fingerprint density at radius 2 is 0.712 bits per heavy atom. The van der Waals surface area contributed by atoms with Crippen molar-refractivity contribution in [3.63, 3.8) is 0 Å². The number of hydrogen-bond acceptors (Lipinski definition) is 2. The fraction of sp³-hybridized carbons (Fsp3) is 0.125. The van der Waals surface area contributed by atoms with Gasteiger partial charge in [-0.05, 0) is 27.7 Å². The second kappa shape index (κ2) is 20.3. The molecule has 2 nitrogen and oxygen atoms in total. The van der Waals surface area contributed by atoms with Crippen LogP contribution in [-0.2, 0) is 23.3 Å². The van der Waals surface area contributed by atoms with Crippen molar-refractivity contribution in [1.29, 1.82) is 0 Å². The maximum absolute atomic E-state index is 11.0. The topological polar surface area (TPSA) is 46.1 Å². The van der Waals surface area contributed by atoms with Gasteiger partial charge in [0, 0.05) is 0 Å². The minimum atomic E-state index is -0.455. The number of aryl methyl sites for hydroxylation is 6. The van der Waals surface area contributed by atoms with Crippen molar-refractivity contribution < 1.29 is 33.5 Å². The normalized spacial score (nSPS) is 10.0. The fourth-order valence-electron chi connectivity index (χ4n) is 5.59. The van der Waals surface area contributed by atoms with E-state index in [9.17, 15) is 10.2 Å². The summed E-state index contributed by atoms with van der Waals surface area (Å²) in [7, 11) is 0. The van der Waals surface area contributed by atoms with E-state index in [4.69, 9.17) is 0 Å². The SMILES string of the molecule is Cc1cc2ccccc2[cH-]1.Cc1cc2ccccc2[cH-]1.Cc1cccc(C)c1[O-].Cc1cccc(C)c1[O-].[Zr+2]=[Si](c1ccccc1)c1ccccc1. The van der Waals surface area contributed by atoms with Crippen LogP contribution in [0.4, 0.5) is 0 Å². The fourth-order valence-corrected chi connectivity index (χ4v) is 9.43. The zero-order chi connectivity index (χ0) is 37.5. The van der Waals surface area contributed by atoms with Gasteiger partial charge in [0.15, 0.2) is 0 Å². The van der Waals surface area contributed by atoms with E-state index in [0.717, 1.165) is 22.3 Å². The van der Waals surface area contributed by atoms with Crippen molar-refractivity contribution in [1.82, 2.24) is 0 Å². The van der Waals surface area contributed by atoms with Crippen LogP contribution in [0.3, 0.4) is 0 Å². The van der Waals surface area contributed by atoms with Crippen LogP contribution in [0.5, 0.6) is 11.5 Å². The Kier molecular flexibility index (Phi) is 15.6. The van der Waals surface area contributed by atoms with Crippen molar-refractivity contribution in [2.75, 3.05) is 0 Å². The number of hydrogen-bond donors (Lipinski definition) is 0. The van der Waals surface area contributed by atoms with E-state index in [1.54, 1.807) is 23.3 Å². The van der Waals surface area contributed by atoms with E-state index in [0.29, 0.717) is 0 Å². The molecule has 8 aromatic rings. The molecule has 0 aliphatic rings. The third-order valence-electron chi connectivity index (χ3n) is 8.47. The van der Waals surface area contributed by atoms with Crippen LogP contribution in [-0.4, -0.2) is 5.43 Å². The zero-order valence-corrected chi connectivity index (χ0v) is 34.4. The van der Waals surface area contributed by atoms with Crippen molar-refractivity contribution in [2.24, 2.45) is 0 Å². The number of benzene rings is 6. The first-order valence-electron chi connectivity index (χ1n) is 17.4. The first-order valence-corrected chi connectivity index (χ1v) is 22.6. The Bertz CT molecular complexity index is 2030. The zero-order valence-electron chi connectivity index (χ0n) is 31.0. The van der Waals surface area contributed by atoms with Crippen molar-refractivity contribution >= 4 is 37.4 Å². The Morgan fingerprint density at radius 3 is 1.02 bits per heavy atom. The van der Waals surface area contributed by atoms with E-state index in [2.05, 4.69) is 147 Å². The molecular formula is C48H46O2SiZr-2. The van der Waals surface area contributed by atoms with Gasteiger partial charge in [-0.25, -0.2) is 0 Å². The molecule has 0 amide bonds. The van der Waals surface area contributed by atoms with Gasteiger partial charge in [0.1, 0.15) is 0 Å². The molecule has 8 rings (SSSR count). The summed E-state index contributed by atoms with van der Waals surface area (Å²) in [4.78, 5) is 0. The molecule has 0 bridgehead atoms. The molecule has 0 N–H and O–H groups in total. The second-order valence-electron chi connectivity index (χ2n) is 12.9. The van der Waals surface area contributed by atoms with Crippen LogP contribution in [0.2, 0.25) is 0 Å². The van der Waals surface area contributed by atoms with Gasteiger partial charge >= 0.3 is 99.8 Å². The predicted octanol–water partition coefficient (Wildman–Crippen LogP) is 9.83. The van der Waals surface area contributed by atoms with Gasteiger partial charge in [-0.2, -0.15) is 12.1 Å². The van der Waals surface area contributed by atoms with Crippen molar-refractivity contribution in [2.45, 2.75) is 41.5 Å². The van der Waals surface area contributed by atoms with Gasteiger partial charge in [-0.1, -0.05) is 84.6 Å². The molecule has 52 heavy (non-hydrogen) atoms. The third kappa shape index (κ3) is 12.2. The molecule has 0 fully saturated rings. The van der Waals surface area contributed by atoms with E-state index >= 15 is 0 Å². The summed E-state index contributed by atoms with van der Waals surface area (Å²) in [5.74, 6) is 0.329. The molecule has 0 atom stereocenters. The van der Waals surface area contributed by atoms with Gasteiger partial charge < -0.3 is 10.2 Å². The van der Waals surface area contributed by atoms with Crippen LogP contribution >= 0.6 is 0 Å². The quantitative estimate of drug-likeness (QED) is 0.130. The first kappa shape index (κ1) is 40.0. The summed E-state index contributed by atoms with van der Waals surface area (Å²) in [6.07, 6.45) is 0. The van der Waals surface area contributed by atoms with Gasteiger partial charge in [0.2, 0.25) is 0 Å². The van der Waals surface area contributed by atoms with Gasteiger partial charge in [0.05, 0.1) is 0 Å². The second-order valence-corrected chi connectivity index (χ2v) is 18.5. The Balaban J connectivity index is 0.000000147. The van der Waals surface area contributed by atoms with Crippen molar-refractivity contribution in [3.05, 3.63) is 203 Å². The van der Waals surface area contributed by atoms with E-state index < -0.39 is 5.43 Å². The molecule has 0 aliphatic carbocycles. The number of para-hydroxylation sites is 2. The maximum atomic E-state index is 11.0. The summed E-state index contributed by atoms with van der Waals surface area (Å²) in [6.45, 7) is 11.6. The van der Waals surface area contributed by atoms with Crippen LogP contribution in [0.15, 0.2) is 170 Å². The third-order valence-corrected chi connectivity index (χ3v) is 14.5. The summed E-state index contributed by atoms with van der Waals surface area (Å²) in [5.41, 5.74) is 5.56. The summed E-state index contributed by atoms with van der Waals surface area (Å²) < 4.78 is 0. The van der Waals surface area contributed by atoms with Crippen LogP contribution < -0.4 is 20.6 Å². The molecule has 0 spiro atoms. The van der Waals surface area contributed by atoms with Gasteiger partial charge in [0.25, 0.3) is 0 Å². The van der Waals surface area contributed by atoms with E-state index in [-0.39, 0.29) is 11.5 Å². The van der Waals surface area contributed by atoms with Crippen LogP contribution in [0, 0.1) is 41.5 Å². The number of fused-ring (bicyclic) bond motifs is 2. The summed E-state index contributed by atoms with van der Waals surface area (Å²) >= 11 is 1.64. The molecular weight excluding hydrogens is 728 g/mol. The Morgan fingerprint density at radius 1 is 0.404 bits per heavy atom. The first-order chi connectivity index (χ1) is 25.0. The average molecular weight is 774 g/mol. The molecule has 4 heteroatoms. The standard InChI is InChI=1S/C12H10Si.2C10H9.2C8H10O.Zr/c1-3-7-11(8-4-1)13-12-9-5-2-6-10-12;2*1-8-6-9-4-2-3-5-10(9)7-8;2*1-6-4-3-5-7(2)8(6)9;/h1-10H;2*2-7H,1H3;2*3-5,9H,1-2H3;/q;2*-1;;;+2/p-2. The molecule has 0 radical (unpaired) electrons. The predicted molar refractivity (Wildman–Crippen MR) is 217 cm³/mol. The number of rotatable bonds is 2. The minimum absolute atomic E-state index is 0.164. The monoisotopic (exact) mass is 772 g/mol. The summed E-state index contributed by atoms with van der Waals surface area (Å²) in [5, 5.41) is 30.4. The van der Waals surface area contributed by atoms with Gasteiger partial charge in [-0.15, -0.1) is 92.7 Å². The van der Waals surface area contributed by atoms with Crippen LogP contribution in [0.1, 0.15) is 33.4 Å². The molecule has 0 heterocycles. The molecule has 0 unspecified atom stereocenters. The molecule has 0 aromatic heterocycles. The van der Waals surface area contributed by atoms with E-state index in [1.165, 1.54) is 43.0 Å². The molecule has 0 saturated carbocycles. The molecule has 8 aromatic carbocycles. The van der Waals surface area contributed by atoms with Crippen LogP contribution in [0.25, 0.3) is 21.5 Å². The van der Waals surface area contributed by atoms with E-state index in [1.807, 2.05) is 64.1 Å². The summed E-state index contributed by atoms with van der Waals surface area (Å²) in [6, 6.07) is 58.4. The van der Waals surface area contributed by atoms with Crippen molar-refractivity contribution in [3.8, 4) is 11.5 Å². The molecule has 0 aliphatic heterocycles. The Hall–Kier alpha value is -4.76.